The van der Waals surface area contributed by atoms with Crippen molar-refractivity contribution in [3.8, 4) is 0 Å². The number of hydrogen-bond donors (Lipinski definition) is 1. The Morgan fingerprint density at radius 2 is 1.85 bits per heavy atom. The van der Waals surface area contributed by atoms with Crippen molar-refractivity contribution >= 4 is 27.5 Å². The van der Waals surface area contributed by atoms with Crippen molar-refractivity contribution in [2.45, 2.75) is 47.1 Å². The zero-order chi connectivity index (χ0) is 14.8. The van der Waals surface area contributed by atoms with Crippen LogP contribution in [0.1, 0.15) is 32.1 Å². The molecule has 0 radical (unpaired) electrons. The number of nitrogens with zero attached hydrogens (tertiary/aromatic N) is 1. The molecule has 2 rings (SSSR count). The number of anilines is 1. The van der Waals surface area contributed by atoms with Gasteiger partial charge in [0.15, 0.2) is 0 Å². The van der Waals surface area contributed by atoms with Crippen LogP contribution >= 0.6 is 11.8 Å². The highest BCUT2D eigenvalue weighted by Gasteiger charge is 2.20. The Bertz CT molecular complexity index is 565. The molecular formula is C14H22N2O2S2. The number of nitrogen functional groups attached to an aromatic ring is 1. The largest absolute Gasteiger partial charge is 0.398 e. The van der Waals surface area contributed by atoms with Gasteiger partial charge in [-0.25, -0.2) is 12.7 Å². The maximum atomic E-state index is 12.0. The van der Waals surface area contributed by atoms with E-state index < -0.39 is 10.0 Å². The van der Waals surface area contributed by atoms with Gasteiger partial charge in [-0.05, 0) is 31.0 Å². The molecule has 112 valence electrons. The minimum atomic E-state index is -3.41. The number of rotatable bonds is 4. The molecule has 1 aromatic carbocycles. The van der Waals surface area contributed by atoms with Gasteiger partial charge in [0.05, 0.1) is 4.90 Å². The number of benzene rings is 1. The minimum absolute atomic E-state index is 0.257. The first-order chi connectivity index (χ1) is 9.41. The summed E-state index contributed by atoms with van der Waals surface area (Å²) < 4.78 is 25.3. The van der Waals surface area contributed by atoms with E-state index in [2.05, 4.69) is 0 Å². The smallest absolute Gasteiger partial charge is 0.242 e. The molecule has 0 spiro atoms. The van der Waals surface area contributed by atoms with Crippen molar-refractivity contribution in [1.82, 2.24) is 4.31 Å². The molecule has 0 atom stereocenters. The highest BCUT2D eigenvalue weighted by atomic mass is 32.2. The molecule has 0 aliphatic heterocycles. The fourth-order valence-electron chi connectivity index (χ4n) is 2.37. The van der Waals surface area contributed by atoms with Crippen molar-refractivity contribution in [2.75, 3.05) is 19.8 Å². The highest BCUT2D eigenvalue weighted by molar-refractivity contribution is 8.00. The van der Waals surface area contributed by atoms with Gasteiger partial charge >= 0.3 is 0 Å². The van der Waals surface area contributed by atoms with Crippen LogP contribution in [-0.4, -0.2) is 32.1 Å². The number of nitrogens with two attached hydrogens (primary N) is 1. The van der Waals surface area contributed by atoms with Crippen LogP contribution in [0.15, 0.2) is 28.0 Å². The van der Waals surface area contributed by atoms with Crippen molar-refractivity contribution in [1.29, 1.82) is 0 Å². The molecule has 20 heavy (non-hydrogen) atoms. The van der Waals surface area contributed by atoms with Crippen LogP contribution in [0.25, 0.3) is 0 Å². The Morgan fingerprint density at radius 3 is 2.40 bits per heavy atom. The molecule has 0 bridgehead atoms. The summed E-state index contributed by atoms with van der Waals surface area (Å²) in [4.78, 5) is 1.25. The zero-order valence-corrected chi connectivity index (χ0v) is 13.6. The van der Waals surface area contributed by atoms with Crippen LogP contribution in [0.2, 0.25) is 0 Å². The van der Waals surface area contributed by atoms with Crippen LogP contribution in [0.3, 0.4) is 0 Å². The van der Waals surface area contributed by atoms with Crippen LogP contribution in [-0.2, 0) is 10.0 Å². The molecule has 0 amide bonds. The van der Waals surface area contributed by atoms with Gasteiger partial charge in [0, 0.05) is 29.9 Å². The monoisotopic (exact) mass is 314 g/mol. The van der Waals surface area contributed by atoms with Crippen LogP contribution in [0.4, 0.5) is 5.69 Å². The van der Waals surface area contributed by atoms with E-state index >= 15 is 0 Å². The zero-order valence-electron chi connectivity index (χ0n) is 12.0. The molecule has 1 aromatic rings. The summed E-state index contributed by atoms with van der Waals surface area (Å²) in [6.45, 7) is 0. The lowest BCUT2D eigenvalue weighted by Crippen LogP contribution is -2.22. The van der Waals surface area contributed by atoms with E-state index in [9.17, 15) is 8.42 Å². The molecule has 0 aromatic heterocycles. The second-order valence-corrected chi connectivity index (χ2v) is 8.86. The normalized spacial score (nSPS) is 17.6. The first-order valence-corrected chi connectivity index (χ1v) is 9.22. The summed E-state index contributed by atoms with van der Waals surface area (Å²) >= 11 is 1.79. The van der Waals surface area contributed by atoms with E-state index in [1.807, 2.05) is 6.07 Å². The van der Waals surface area contributed by atoms with Gasteiger partial charge < -0.3 is 5.73 Å². The molecular weight excluding hydrogens is 292 g/mol. The quantitative estimate of drug-likeness (QED) is 0.868. The van der Waals surface area contributed by atoms with Gasteiger partial charge in [-0.1, -0.05) is 19.3 Å². The van der Waals surface area contributed by atoms with E-state index in [0.717, 1.165) is 4.90 Å². The predicted molar refractivity (Wildman–Crippen MR) is 84.5 cm³/mol. The lowest BCUT2D eigenvalue weighted by Gasteiger charge is -2.22. The fourth-order valence-corrected chi connectivity index (χ4v) is 4.57. The van der Waals surface area contributed by atoms with Gasteiger partial charge in [0.1, 0.15) is 0 Å². The summed E-state index contributed by atoms with van der Waals surface area (Å²) in [5, 5.41) is 0.613. The lowest BCUT2D eigenvalue weighted by atomic mass is 10.0. The molecule has 0 unspecified atom stereocenters. The summed E-state index contributed by atoms with van der Waals surface area (Å²) in [7, 11) is -0.357. The average Bonchev–Trinajstić information content (AvgIpc) is 2.42. The Labute approximate surface area is 125 Å². The second kappa shape index (κ2) is 6.37. The van der Waals surface area contributed by atoms with E-state index in [-0.39, 0.29) is 4.90 Å². The number of hydrogen-bond acceptors (Lipinski definition) is 4. The molecule has 6 heteroatoms. The van der Waals surface area contributed by atoms with E-state index in [1.54, 1.807) is 23.9 Å². The Balaban J connectivity index is 2.17. The maximum Gasteiger partial charge on any atom is 0.242 e. The van der Waals surface area contributed by atoms with Crippen molar-refractivity contribution in [3.05, 3.63) is 18.2 Å². The third-order valence-electron chi connectivity index (χ3n) is 3.61. The summed E-state index contributed by atoms with van der Waals surface area (Å²) in [5.41, 5.74) is 6.59. The third-order valence-corrected chi connectivity index (χ3v) is 6.85. The molecule has 1 aliphatic rings. The minimum Gasteiger partial charge on any atom is -0.398 e. The molecule has 1 fully saturated rings. The van der Waals surface area contributed by atoms with E-state index in [0.29, 0.717) is 10.9 Å². The standard InChI is InChI=1S/C14H22N2O2S2/c1-16(2)20(17,18)12-8-9-14(13(15)10-12)19-11-6-4-3-5-7-11/h8-11H,3-7,15H2,1-2H3. The van der Waals surface area contributed by atoms with Gasteiger partial charge in [-0.2, -0.15) is 0 Å². The molecule has 2 N–H and O–H groups in total. The summed E-state index contributed by atoms with van der Waals surface area (Å²) in [5.74, 6) is 0. The lowest BCUT2D eigenvalue weighted by molar-refractivity contribution is 0.516. The van der Waals surface area contributed by atoms with Crippen LogP contribution < -0.4 is 5.73 Å². The Hall–Kier alpha value is -0.720. The summed E-state index contributed by atoms with van der Waals surface area (Å²) in [6, 6.07) is 5.06. The molecule has 1 saturated carbocycles. The van der Waals surface area contributed by atoms with Crippen LogP contribution in [0, 0.1) is 0 Å². The van der Waals surface area contributed by atoms with E-state index in [1.165, 1.54) is 50.5 Å². The first-order valence-electron chi connectivity index (χ1n) is 6.90. The molecule has 4 nitrogen and oxygen atoms in total. The maximum absolute atomic E-state index is 12.0. The predicted octanol–water partition coefficient (Wildman–Crippen LogP) is 2.94. The van der Waals surface area contributed by atoms with Crippen LogP contribution in [0.5, 0.6) is 0 Å². The van der Waals surface area contributed by atoms with Crippen molar-refractivity contribution in [2.24, 2.45) is 0 Å². The second-order valence-electron chi connectivity index (χ2n) is 5.36. The third kappa shape index (κ3) is 3.48. The number of thioether (sulfide) groups is 1. The van der Waals surface area contributed by atoms with Gasteiger partial charge in [0.2, 0.25) is 10.0 Å². The van der Waals surface area contributed by atoms with Gasteiger partial charge in [-0.15, -0.1) is 11.8 Å². The molecule has 0 saturated heterocycles. The van der Waals surface area contributed by atoms with Crippen molar-refractivity contribution in [3.63, 3.8) is 0 Å². The highest BCUT2D eigenvalue weighted by Crippen LogP contribution is 2.37. The Morgan fingerprint density at radius 1 is 1.20 bits per heavy atom. The van der Waals surface area contributed by atoms with Gasteiger partial charge in [-0.3, -0.25) is 0 Å². The van der Waals surface area contributed by atoms with E-state index in [4.69, 9.17) is 5.73 Å². The number of sulfonamides is 1. The molecule has 1 aliphatic carbocycles. The topological polar surface area (TPSA) is 63.4 Å². The fraction of sp³-hybridized carbons (Fsp3) is 0.571. The van der Waals surface area contributed by atoms with Gasteiger partial charge in [0.25, 0.3) is 0 Å². The molecule has 0 heterocycles. The van der Waals surface area contributed by atoms with Crippen molar-refractivity contribution < 1.29 is 8.42 Å². The Kier molecular flexibility index (Phi) is 4.99. The summed E-state index contributed by atoms with van der Waals surface area (Å²) in [6.07, 6.45) is 6.34. The first kappa shape index (κ1) is 15.7. The SMILES string of the molecule is CN(C)S(=O)(=O)c1ccc(SC2CCCCC2)c(N)c1. The average molecular weight is 314 g/mol.